The van der Waals surface area contributed by atoms with Gasteiger partial charge in [0.1, 0.15) is 12.4 Å². The van der Waals surface area contributed by atoms with E-state index in [4.69, 9.17) is 5.73 Å². The van der Waals surface area contributed by atoms with E-state index in [1.54, 1.807) is 18.3 Å². The molecule has 3 N–H and O–H groups in total. The first kappa shape index (κ1) is 15.7. The number of alkyl halides is 3. The molecule has 0 aliphatic carbocycles. The van der Waals surface area contributed by atoms with Crippen molar-refractivity contribution < 1.29 is 17.9 Å². The van der Waals surface area contributed by atoms with E-state index in [0.717, 1.165) is 5.56 Å². The molecule has 0 aromatic carbocycles. The van der Waals surface area contributed by atoms with Crippen molar-refractivity contribution in [2.24, 2.45) is 0 Å². The number of nitrogens with one attached hydrogen (secondary N) is 1. The number of nitrogens with two attached hydrogens (primary N) is 1. The Bertz CT molecular complexity index is 385. The fourth-order valence-corrected chi connectivity index (χ4v) is 1.68. The Kier molecular flexibility index (Phi) is 6.04. The highest BCUT2D eigenvalue weighted by molar-refractivity contribution is 5.38. The third-order valence-corrected chi connectivity index (χ3v) is 2.47. The van der Waals surface area contributed by atoms with Gasteiger partial charge in [0, 0.05) is 12.2 Å². The number of anilines is 1. The summed E-state index contributed by atoms with van der Waals surface area (Å²) in [6, 6.07) is 3.32. The predicted octanol–water partition coefficient (Wildman–Crippen LogP) is 1.76. The van der Waals surface area contributed by atoms with E-state index < -0.39 is 12.8 Å². The molecule has 0 aliphatic heterocycles. The number of halogens is 3. The van der Waals surface area contributed by atoms with Gasteiger partial charge in [0.25, 0.3) is 0 Å². The molecule has 0 radical (unpaired) electrons. The molecule has 0 spiro atoms. The SMILES string of the molecule is CCNC(COCC(F)(F)F)Cc1cccnc1N. The summed E-state index contributed by atoms with van der Waals surface area (Å²) in [7, 11) is 0. The molecule has 0 saturated heterocycles. The van der Waals surface area contributed by atoms with Gasteiger partial charge in [-0.25, -0.2) is 4.98 Å². The largest absolute Gasteiger partial charge is 0.411 e. The third-order valence-electron chi connectivity index (χ3n) is 2.47. The fraction of sp³-hybridized carbons (Fsp3) is 0.583. The first-order valence-electron chi connectivity index (χ1n) is 5.99. The van der Waals surface area contributed by atoms with Crippen molar-refractivity contribution in [1.82, 2.24) is 10.3 Å². The topological polar surface area (TPSA) is 60.2 Å². The summed E-state index contributed by atoms with van der Waals surface area (Å²) in [4.78, 5) is 3.94. The van der Waals surface area contributed by atoms with Crippen LogP contribution in [0.5, 0.6) is 0 Å². The smallest absolute Gasteiger partial charge is 0.383 e. The maximum atomic E-state index is 12.0. The first-order chi connectivity index (χ1) is 8.92. The first-order valence-corrected chi connectivity index (χ1v) is 5.99. The van der Waals surface area contributed by atoms with Gasteiger partial charge < -0.3 is 15.8 Å². The van der Waals surface area contributed by atoms with Gasteiger partial charge in [-0.2, -0.15) is 13.2 Å². The minimum Gasteiger partial charge on any atom is -0.383 e. The molecule has 1 aromatic rings. The lowest BCUT2D eigenvalue weighted by Gasteiger charge is -2.19. The summed E-state index contributed by atoms with van der Waals surface area (Å²) in [5, 5.41) is 3.07. The van der Waals surface area contributed by atoms with Crippen LogP contribution in [0, 0.1) is 0 Å². The Morgan fingerprint density at radius 3 is 2.79 bits per heavy atom. The zero-order valence-corrected chi connectivity index (χ0v) is 10.7. The second-order valence-corrected chi connectivity index (χ2v) is 4.14. The van der Waals surface area contributed by atoms with E-state index in [1.807, 2.05) is 6.92 Å². The summed E-state index contributed by atoms with van der Waals surface area (Å²) in [5.74, 6) is 0.390. The van der Waals surface area contributed by atoms with Crippen molar-refractivity contribution in [2.45, 2.75) is 25.6 Å². The maximum Gasteiger partial charge on any atom is 0.411 e. The zero-order chi connectivity index (χ0) is 14.3. The average molecular weight is 277 g/mol. The molecule has 0 fully saturated rings. The van der Waals surface area contributed by atoms with Crippen molar-refractivity contribution in [3.63, 3.8) is 0 Å². The summed E-state index contributed by atoms with van der Waals surface area (Å²) in [6.45, 7) is 1.25. The van der Waals surface area contributed by atoms with Crippen molar-refractivity contribution in [3.8, 4) is 0 Å². The molecule has 0 bridgehead atoms. The van der Waals surface area contributed by atoms with Crippen LogP contribution >= 0.6 is 0 Å². The molecule has 7 heteroatoms. The van der Waals surface area contributed by atoms with Gasteiger partial charge in [-0.05, 0) is 24.6 Å². The lowest BCUT2D eigenvalue weighted by atomic mass is 10.1. The van der Waals surface area contributed by atoms with Crippen LogP contribution in [0.25, 0.3) is 0 Å². The molecule has 0 saturated carbocycles. The standard InChI is InChI=1S/C12H18F3N3O/c1-2-17-10(7-19-8-12(13,14)15)6-9-4-3-5-18-11(9)16/h3-5,10,17H,2,6-8H2,1H3,(H2,16,18). The molecule has 4 nitrogen and oxygen atoms in total. The number of hydrogen-bond donors (Lipinski definition) is 2. The Labute approximate surface area is 110 Å². The van der Waals surface area contributed by atoms with Crippen LogP contribution in [0.1, 0.15) is 12.5 Å². The maximum absolute atomic E-state index is 12.0. The van der Waals surface area contributed by atoms with Crippen LogP contribution in [0.2, 0.25) is 0 Å². The van der Waals surface area contributed by atoms with Crippen molar-refractivity contribution >= 4 is 5.82 Å². The zero-order valence-electron chi connectivity index (χ0n) is 10.7. The third kappa shape index (κ3) is 6.40. The van der Waals surface area contributed by atoms with Gasteiger partial charge in [0.05, 0.1) is 6.61 Å². The van der Waals surface area contributed by atoms with Gasteiger partial charge in [0.15, 0.2) is 0 Å². The van der Waals surface area contributed by atoms with E-state index >= 15 is 0 Å². The van der Waals surface area contributed by atoms with Crippen LogP contribution in [-0.4, -0.2) is 37.0 Å². The number of pyridine rings is 1. The molecule has 1 aromatic heterocycles. The van der Waals surface area contributed by atoms with Gasteiger partial charge in [-0.1, -0.05) is 13.0 Å². The summed E-state index contributed by atoms with van der Waals surface area (Å²) < 4.78 is 40.7. The monoisotopic (exact) mass is 277 g/mol. The van der Waals surface area contributed by atoms with Crippen molar-refractivity contribution in [1.29, 1.82) is 0 Å². The van der Waals surface area contributed by atoms with E-state index in [-0.39, 0.29) is 12.6 Å². The Balaban J connectivity index is 2.51. The number of nitrogens with zero attached hydrogens (tertiary/aromatic N) is 1. The Morgan fingerprint density at radius 1 is 1.47 bits per heavy atom. The molecular weight excluding hydrogens is 259 g/mol. The fourth-order valence-electron chi connectivity index (χ4n) is 1.68. The minimum absolute atomic E-state index is 0.0261. The average Bonchev–Trinajstić information content (AvgIpc) is 2.30. The number of ether oxygens (including phenoxy) is 1. The molecular formula is C12H18F3N3O. The second-order valence-electron chi connectivity index (χ2n) is 4.14. The van der Waals surface area contributed by atoms with Gasteiger partial charge in [0.2, 0.25) is 0 Å². The predicted molar refractivity (Wildman–Crippen MR) is 66.7 cm³/mol. The summed E-state index contributed by atoms with van der Waals surface area (Å²) >= 11 is 0. The van der Waals surface area contributed by atoms with Crippen molar-refractivity contribution in [2.75, 3.05) is 25.5 Å². The molecule has 1 rings (SSSR count). The molecule has 19 heavy (non-hydrogen) atoms. The molecule has 1 heterocycles. The van der Waals surface area contributed by atoms with Crippen LogP contribution in [0.15, 0.2) is 18.3 Å². The molecule has 1 atom stereocenters. The number of likely N-dealkylation sites (N-methyl/N-ethyl adjacent to an activating group) is 1. The minimum atomic E-state index is -4.30. The van der Waals surface area contributed by atoms with Crippen LogP contribution < -0.4 is 11.1 Å². The number of rotatable bonds is 7. The Morgan fingerprint density at radius 2 is 2.21 bits per heavy atom. The summed E-state index contributed by atoms with van der Waals surface area (Å²) in [6.07, 6.45) is -2.25. The lowest BCUT2D eigenvalue weighted by molar-refractivity contribution is -0.175. The van der Waals surface area contributed by atoms with E-state index in [9.17, 15) is 13.2 Å². The van der Waals surface area contributed by atoms with Gasteiger partial charge >= 0.3 is 6.18 Å². The van der Waals surface area contributed by atoms with Crippen LogP contribution in [0.4, 0.5) is 19.0 Å². The van der Waals surface area contributed by atoms with Gasteiger partial charge in [-0.15, -0.1) is 0 Å². The van der Waals surface area contributed by atoms with Crippen LogP contribution in [0.3, 0.4) is 0 Å². The molecule has 0 amide bonds. The summed E-state index contributed by atoms with van der Waals surface area (Å²) in [5.41, 5.74) is 6.50. The van der Waals surface area contributed by atoms with Crippen LogP contribution in [-0.2, 0) is 11.2 Å². The van der Waals surface area contributed by atoms with Gasteiger partial charge in [-0.3, -0.25) is 0 Å². The van der Waals surface area contributed by atoms with E-state index in [2.05, 4.69) is 15.0 Å². The Hall–Kier alpha value is -1.34. The number of nitrogen functional groups attached to an aromatic ring is 1. The normalized spacial score (nSPS) is 13.5. The van der Waals surface area contributed by atoms with Crippen molar-refractivity contribution in [3.05, 3.63) is 23.9 Å². The number of aromatic nitrogens is 1. The lowest BCUT2D eigenvalue weighted by Crippen LogP contribution is -2.36. The van der Waals surface area contributed by atoms with E-state index in [1.165, 1.54) is 0 Å². The highest BCUT2D eigenvalue weighted by Crippen LogP contribution is 2.15. The molecule has 1 unspecified atom stereocenters. The second kappa shape index (κ2) is 7.30. The number of hydrogen-bond acceptors (Lipinski definition) is 4. The molecule has 0 aliphatic rings. The van der Waals surface area contributed by atoms with E-state index in [0.29, 0.717) is 18.8 Å². The quantitative estimate of drug-likeness (QED) is 0.797. The highest BCUT2D eigenvalue weighted by Gasteiger charge is 2.27. The molecule has 108 valence electrons. The highest BCUT2D eigenvalue weighted by atomic mass is 19.4.